The third kappa shape index (κ3) is 3.88. The van der Waals surface area contributed by atoms with Crippen molar-refractivity contribution in [2.45, 2.75) is 19.4 Å². The number of rotatable bonds is 4. The van der Waals surface area contributed by atoms with Crippen LogP contribution < -0.4 is 11.1 Å². The Morgan fingerprint density at radius 2 is 2.06 bits per heavy atom. The van der Waals surface area contributed by atoms with Gasteiger partial charge in [-0.05, 0) is 19.1 Å². The third-order valence-electron chi connectivity index (χ3n) is 2.11. The summed E-state index contributed by atoms with van der Waals surface area (Å²) < 4.78 is 4.62. The molecule has 0 aliphatic carbocycles. The summed E-state index contributed by atoms with van der Waals surface area (Å²) in [5.41, 5.74) is 6.28. The van der Waals surface area contributed by atoms with Crippen molar-refractivity contribution in [1.82, 2.24) is 0 Å². The number of carbonyl (C=O) groups is 2. The molecule has 3 N–H and O–H groups in total. The Morgan fingerprint density at radius 1 is 1.41 bits per heavy atom. The van der Waals surface area contributed by atoms with Crippen LogP contribution in [0.5, 0.6) is 0 Å². The quantitative estimate of drug-likeness (QED) is 0.768. The Hall–Kier alpha value is -1.88. The van der Waals surface area contributed by atoms with E-state index in [4.69, 9.17) is 5.73 Å². The van der Waals surface area contributed by atoms with Gasteiger partial charge in [-0.3, -0.25) is 4.79 Å². The topological polar surface area (TPSA) is 81.4 Å². The molecule has 0 aromatic heterocycles. The van der Waals surface area contributed by atoms with E-state index in [1.165, 1.54) is 7.11 Å². The first-order valence-corrected chi connectivity index (χ1v) is 5.27. The fraction of sp³-hybridized carbons (Fsp3) is 0.333. The zero-order valence-corrected chi connectivity index (χ0v) is 9.90. The van der Waals surface area contributed by atoms with Gasteiger partial charge in [0, 0.05) is 12.5 Å². The average Bonchev–Trinajstić information content (AvgIpc) is 2.27. The summed E-state index contributed by atoms with van der Waals surface area (Å²) >= 11 is 0. The fourth-order valence-electron chi connectivity index (χ4n) is 1.37. The monoisotopic (exact) mass is 236 g/mol. The highest BCUT2D eigenvalue weighted by Crippen LogP contribution is 2.16. The van der Waals surface area contributed by atoms with E-state index in [2.05, 4.69) is 10.1 Å². The van der Waals surface area contributed by atoms with Gasteiger partial charge in [0.15, 0.2) is 0 Å². The maximum atomic E-state index is 11.5. The van der Waals surface area contributed by atoms with Crippen molar-refractivity contribution >= 4 is 17.6 Å². The van der Waals surface area contributed by atoms with Gasteiger partial charge in [-0.2, -0.15) is 0 Å². The summed E-state index contributed by atoms with van der Waals surface area (Å²) in [4.78, 5) is 23.0. The van der Waals surface area contributed by atoms with Crippen LogP contribution in [-0.4, -0.2) is 25.0 Å². The number of esters is 1. The molecule has 0 aliphatic rings. The maximum Gasteiger partial charge on any atom is 0.339 e. The van der Waals surface area contributed by atoms with Gasteiger partial charge in [0.05, 0.1) is 18.4 Å². The maximum absolute atomic E-state index is 11.5. The fourth-order valence-corrected chi connectivity index (χ4v) is 1.37. The van der Waals surface area contributed by atoms with Crippen molar-refractivity contribution < 1.29 is 14.3 Å². The molecule has 17 heavy (non-hydrogen) atoms. The number of carbonyl (C=O) groups excluding carboxylic acids is 2. The number of nitrogens with one attached hydrogen (secondary N) is 1. The molecule has 0 saturated heterocycles. The molecular weight excluding hydrogens is 220 g/mol. The van der Waals surface area contributed by atoms with Gasteiger partial charge in [-0.25, -0.2) is 4.79 Å². The van der Waals surface area contributed by atoms with Crippen molar-refractivity contribution in [3.8, 4) is 0 Å². The van der Waals surface area contributed by atoms with Crippen molar-refractivity contribution in [3.05, 3.63) is 29.8 Å². The molecule has 1 aromatic carbocycles. The van der Waals surface area contributed by atoms with Crippen LogP contribution in [0.3, 0.4) is 0 Å². The number of nitrogens with two attached hydrogens (primary N) is 1. The molecule has 1 atom stereocenters. The molecule has 0 saturated carbocycles. The summed E-state index contributed by atoms with van der Waals surface area (Å²) in [5.74, 6) is -0.710. The average molecular weight is 236 g/mol. The van der Waals surface area contributed by atoms with E-state index in [1.54, 1.807) is 31.2 Å². The predicted molar refractivity (Wildman–Crippen MR) is 64.7 cm³/mol. The van der Waals surface area contributed by atoms with Gasteiger partial charge in [0.1, 0.15) is 0 Å². The van der Waals surface area contributed by atoms with Crippen LogP contribution in [0.25, 0.3) is 0 Å². The van der Waals surface area contributed by atoms with Crippen LogP contribution in [-0.2, 0) is 9.53 Å². The highest BCUT2D eigenvalue weighted by molar-refractivity contribution is 6.01. The van der Waals surface area contributed by atoms with Crippen LogP contribution in [0.2, 0.25) is 0 Å². The first-order chi connectivity index (χ1) is 8.04. The van der Waals surface area contributed by atoms with Gasteiger partial charge >= 0.3 is 5.97 Å². The van der Waals surface area contributed by atoms with Crippen molar-refractivity contribution in [3.63, 3.8) is 0 Å². The molecule has 1 unspecified atom stereocenters. The van der Waals surface area contributed by atoms with E-state index in [-0.39, 0.29) is 18.4 Å². The number of methoxy groups -OCH3 is 1. The van der Waals surface area contributed by atoms with Crippen LogP contribution >= 0.6 is 0 Å². The summed E-state index contributed by atoms with van der Waals surface area (Å²) in [6.45, 7) is 1.74. The number of hydrogen-bond acceptors (Lipinski definition) is 4. The zero-order valence-electron chi connectivity index (χ0n) is 9.90. The molecule has 0 fully saturated rings. The van der Waals surface area contributed by atoms with E-state index < -0.39 is 5.97 Å². The highest BCUT2D eigenvalue weighted by Gasteiger charge is 2.13. The smallest absolute Gasteiger partial charge is 0.339 e. The van der Waals surface area contributed by atoms with Crippen molar-refractivity contribution in [1.29, 1.82) is 0 Å². The molecule has 1 rings (SSSR count). The Balaban J connectivity index is 2.83. The molecule has 0 radical (unpaired) electrons. The number of amides is 1. The third-order valence-corrected chi connectivity index (χ3v) is 2.11. The lowest BCUT2D eigenvalue weighted by Gasteiger charge is -2.10. The summed E-state index contributed by atoms with van der Waals surface area (Å²) in [7, 11) is 1.29. The van der Waals surface area contributed by atoms with Gasteiger partial charge in [-0.15, -0.1) is 0 Å². The standard InChI is InChI=1S/C12H16N2O3/c1-8(13)7-11(15)14-10-6-4-3-5-9(10)12(16)17-2/h3-6,8H,7,13H2,1-2H3,(H,14,15). The van der Waals surface area contributed by atoms with Gasteiger partial charge < -0.3 is 15.8 Å². The predicted octanol–water partition coefficient (Wildman–Crippen LogP) is 1.15. The van der Waals surface area contributed by atoms with Crippen LogP contribution in [0.1, 0.15) is 23.7 Å². The largest absolute Gasteiger partial charge is 0.465 e. The second-order valence-electron chi connectivity index (χ2n) is 3.77. The number of para-hydroxylation sites is 1. The Kier molecular flexibility index (Phi) is 4.66. The van der Waals surface area contributed by atoms with Gasteiger partial charge in [0.25, 0.3) is 0 Å². The second kappa shape index (κ2) is 6.00. The molecule has 5 heteroatoms. The lowest BCUT2D eigenvalue weighted by atomic mass is 10.1. The van der Waals surface area contributed by atoms with Gasteiger partial charge in [-0.1, -0.05) is 12.1 Å². The lowest BCUT2D eigenvalue weighted by molar-refractivity contribution is -0.116. The normalized spacial score (nSPS) is 11.7. The second-order valence-corrected chi connectivity index (χ2v) is 3.77. The van der Waals surface area contributed by atoms with Crippen LogP contribution in [0, 0.1) is 0 Å². The van der Waals surface area contributed by atoms with E-state index in [0.717, 1.165) is 0 Å². The Bertz CT molecular complexity index is 416. The van der Waals surface area contributed by atoms with E-state index in [1.807, 2.05) is 0 Å². The number of benzene rings is 1. The molecule has 5 nitrogen and oxygen atoms in total. The minimum absolute atomic E-state index is 0.204. The number of anilines is 1. The first kappa shape index (κ1) is 13.2. The van der Waals surface area contributed by atoms with Gasteiger partial charge in [0.2, 0.25) is 5.91 Å². The Labute approximate surface area is 99.9 Å². The van der Waals surface area contributed by atoms with Crippen molar-refractivity contribution in [2.24, 2.45) is 5.73 Å². The minimum atomic E-state index is -0.485. The molecule has 1 aromatic rings. The molecule has 92 valence electrons. The molecule has 1 amide bonds. The zero-order chi connectivity index (χ0) is 12.8. The Morgan fingerprint density at radius 3 is 2.65 bits per heavy atom. The number of ether oxygens (including phenoxy) is 1. The highest BCUT2D eigenvalue weighted by atomic mass is 16.5. The molecule has 0 aliphatic heterocycles. The lowest BCUT2D eigenvalue weighted by Crippen LogP contribution is -2.24. The van der Waals surface area contributed by atoms with Crippen LogP contribution in [0.15, 0.2) is 24.3 Å². The molecule has 0 bridgehead atoms. The first-order valence-electron chi connectivity index (χ1n) is 5.27. The summed E-state index contributed by atoms with van der Waals surface area (Å²) in [6, 6.07) is 6.44. The summed E-state index contributed by atoms with van der Waals surface area (Å²) in [6.07, 6.45) is 0.204. The van der Waals surface area contributed by atoms with E-state index >= 15 is 0 Å². The number of hydrogen-bond donors (Lipinski definition) is 2. The van der Waals surface area contributed by atoms with Crippen LogP contribution in [0.4, 0.5) is 5.69 Å². The van der Waals surface area contributed by atoms with E-state index in [0.29, 0.717) is 11.3 Å². The molecule has 0 heterocycles. The molecular formula is C12H16N2O3. The summed E-state index contributed by atoms with van der Waals surface area (Å²) in [5, 5.41) is 2.64. The van der Waals surface area contributed by atoms with E-state index in [9.17, 15) is 9.59 Å². The molecule has 0 spiro atoms. The van der Waals surface area contributed by atoms with Crippen molar-refractivity contribution in [2.75, 3.05) is 12.4 Å². The minimum Gasteiger partial charge on any atom is -0.465 e. The SMILES string of the molecule is COC(=O)c1ccccc1NC(=O)CC(C)N.